The molecule has 4 unspecified atom stereocenters. The summed E-state index contributed by atoms with van der Waals surface area (Å²) < 4.78 is 32.5. The molecule has 0 spiro atoms. The second kappa shape index (κ2) is 6.83. The Kier molecular flexibility index (Phi) is 4.80. The van der Waals surface area contributed by atoms with Gasteiger partial charge in [0, 0.05) is 30.2 Å². The van der Waals surface area contributed by atoms with Gasteiger partial charge in [0.25, 0.3) is 0 Å². The fourth-order valence-electron chi connectivity index (χ4n) is 3.51. The molecule has 2 fully saturated rings. The van der Waals surface area contributed by atoms with E-state index in [2.05, 4.69) is 10.6 Å². The number of nitrogens with one attached hydrogen (secondary N) is 2. The highest BCUT2D eigenvalue weighted by atomic mass is 19.1. The summed E-state index contributed by atoms with van der Waals surface area (Å²) in [5.74, 6) is -0.873. The van der Waals surface area contributed by atoms with E-state index < -0.39 is 17.7 Å². The molecular formula is C17H22F2N2O2. The molecule has 23 heavy (non-hydrogen) atoms. The molecular weight excluding hydrogens is 302 g/mol. The van der Waals surface area contributed by atoms with Crippen LogP contribution in [-0.2, 0) is 4.74 Å². The highest BCUT2D eigenvalue weighted by molar-refractivity contribution is 5.75. The maximum Gasteiger partial charge on any atom is 0.315 e. The molecule has 1 saturated heterocycles. The van der Waals surface area contributed by atoms with Crippen LogP contribution in [0.25, 0.3) is 0 Å². The zero-order chi connectivity index (χ0) is 16.4. The van der Waals surface area contributed by atoms with Gasteiger partial charge in [-0.15, -0.1) is 0 Å². The third-order valence-corrected chi connectivity index (χ3v) is 4.86. The van der Waals surface area contributed by atoms with Crippen LogP contribution < -0.4 is 10.6 Å². The predicted molar refractivity (Wildman–Crippen MR) is 81.9 cm³/mol. The number of carbonyl (C=O) groups excluding carboxylic acids is 1. The van der Waals surface area contributed by atoms with Crippen LogP contribution in [0.15, 0.2) is 18.2 Å². The summed E-state index contributed by atoms with van der Waals surface area (Å²) in [7, 11) is 0. The van der Waals surface area contributed by atoms with Crippen molar-refractivity contribution < 1.29 is 18.3 Å². The summed E-state index contributed by atoms with van der Waals surface area (Å²) in [6.45, 7) is 2.66. The maximum absolute atomic E-state index is 13.9. The maximum atomic E-state index is 13.9. The lowest BCUT2D eigenvalue weighted by Crippen LogP contribution is -2.59. The Morgan fingerprint density at radius 3 is 2.96 bits per heavy atom. The van der Waals surface area contributed by atoms with Crippen molar-refractivity contribution in [2.45, 2.75) is 50.8 Å². The molecule has 4 nitrogen and oxygen atoms in total. The third-order valence-electron chi connectivity index (χ3n) is 4.86. The zero-order valence-electron chi connectivity index (χ0n) is 13.1. The number of hydrogen-bond donors (Lipinski definition) is 2. The monoisotopic (exact) mass is 324 g/mol. The lowest BCUT2D eigenvalue weighted by Gasteiger charge is -2.47. The molecule has 0 aromatic heterocycles. The summed E-state index contributed by atoms with van der Waals surface area (Å²) in [6, 6.07) is 2.76. The lowest BCUT2D eigenvalue weighted by atomic mass is 9.72. The van der Waals surface area contributed by atoms with Gasteiger partial charge in [0.1, 0.15) is 11.6 Å². The van der Waals surface area contributed by atoms with Crippen molar-refractivity contribution in [1.82, 2.24) is 10.6 Å². The first-order valence-corrected chi connectivity index (χ1v) is 8.22. The van der Waals surface area contributed by atoms with Crippen LogP contribution >= 0.6 is 0 Å². The third kappa shape index (κ3) is 3.47. The Labute approximate surface area is 134 Å². The number of carbonyl (C=O) groups is 1. The van der Waals surface area contributed by atoms with Crippen LogP contribution in [0.1, 0.15) is 44.2 Å². The molecule has 6 heteroatoms. The zero-order valence-corrected chi connectivity index (χ0v) is 13.1. The van der Waals surface area contributed by atoms with Crippen molar-refractivity contribution in [2.75, 3.05) is 6.61 Å². The summed E-state index contributed by atoms with van der Waals surface area (Å²) in [6.07, 6.45) is 3.72. The van der Waals surface area contributed by atoms with Gasteiger partial charge in [-0.3, -0.25) is 0 Å². The molecule has 0 radical (unpaired) electrons. The summed E-state index contributed by atoms with van der Waals surface area (Å²) >= 11 is 0. The Balaban J connectivity index is 1.57. The van der Waals surface area contributed by atoms with E-state index in [1.165, 1.54) is 12.1 Å². The van der Waals surface area contributed by atoms with E-state index in [4.69, 9.17) is 4.74 Å². The van der Waals surface area contributed by atoms with Gasteiger partial charge < -0.3 is 15.4 Å². The molecule has 2 aliphatic rings. The molecule has 4 atom stereocenters. The van der Waals surface area contributed by atoms with E-state index >= 15 is 0 Å². The molecule has 1 aromatic carbocycles. The number of amides is 2. The molecule has 1 aliphatic carbocycles. The molecule has 3 rings (SSSR count). The number of fused-ring (bicyclic) bond motifs is 1. The van der Waals surface area contributed by atoms with Gasteiger partial charge >= 0.3 is 6.03 Å². The average Bonchev–Trinajstić information content (AvgIpc) is 2.51. The van der Waals surface area contributed by atoms with E-state index in [1.54, 1.807) is 0 Å². The molecule has 2 N–H and O–H groups in total. The Morgan fingerprint density at radius 2 is 2.26 bits per heavy atom. The molecule has 126 valence electrons. The normalized spacial score (nSPS) is 27.5. The van der Waals surface area contributed by atoms with Gasteiger partial charge in [-0.25, -0.2) is 13.6 Å². The number of ether oxygens (including phenoxy) is 1. The number of rotatable bonds is 4. The summed E-state index contributed by atoms with van der Waals surface area (Å²) in [4.78, 5) is 12.2. The van der Waals surface area contributed by atoms with Crippen LogP contribution in [0.5, 0.6) is 0 Å². The average molecular weight is 324 g/mol. The molecule has 2 amide bonds. The standard InChI is InChI=1S/C17H22F2N2O2/c1-2-14(11-6-5-10(18)8-13(11)19)20-17(22)21-15-9-16-12(15)4-3-7-23-16/h5-6,8,12,14-16H,2-4,7,9H2,1H3,(H2,20,21,22). The minimum atomic E-state index is -0.637. The number of halogens is 2. The highest BCUT2D eigenvalue weighted by Gasteiger charge is 2.44. The summed E-state index contributed by atoms with van der Waals surface area (Å²) in [5.41, 5.74) is 0.302. The second-order valence-electron chi connectivity index (χ2n) is 6.30. The van der Waals surface area contributed by atoms with Gasteiger partial charge in [0.05, 0.1) is 12.1 Å². The van der Waals surface area contributed by atoms with E-state index in [0.29, 0.717) is 17.9 Å². The summed E-state index contributed by atoms with van der Waals surface area (Å²) in [5, 5.41) is 5.74. The highest BCUT2D eigenvalue weighted by Crippen LogP contribution is 2.37. The van der Waals surface area contributed by atoms with Crippen LogP contribution in [0.4, 0.5) is 13.6 Å². The van der Waals surface area contributed by atoms with Crippen LogP contribution in [0, 0.1) is 17.6 Å². The quantitative estimate of drug-likeness (QED) is 0.893. The van der Waals surface area contributed by atoms with Crippen LogP contribution in [0.2, 0.25) is 0 Å². The van der Waals surface area contributed by atoms with E-state index in [1.807, 2.05) is 6.92 Å². The SMILES string of the molecule is CCC(NC(=O)NC1CC2OCCCC12)c1ccc(F)cc1F. The van der Waals surface area contributed by atoms with Gasteiger partial charge in [-0.05, 0) is 31.7 Å². The minimum absolute atomic E-state index is 0.121. The molecule has 1 aromatic rings. The van der Waals surface area contributed by atoms with E-state index in [9.17, 15) is 13.6 Å². The fourth-order valence-corrected chi connectivity index (χ4v) is 3.51. The topological polar surface area (TPSA) is 50.4 Å². The second-order valence-corrected chi connectivity index (χ2v) is 6.30. The Morgan fingerprint density at radius 1 is 1.43 bits per heavy atom. The van der Waals surface area contributed by atoms with Crippen LogP contribution in [0.3, 0.4) is 0 Å². The molecule has 1 saturated carbocycles. The van der Waals surface area contributed by atoms with Gasteiger partial charge in [-0.2, -0.15) is 0 Å². The van der Waals surface area contributed by atoms with Crippen molar-refractivity contribution in [3.05, 3.63) is 35.4 Å². The van der Waals surface area contributed by atoms with Crippen molar-refractivity contribution in [3.8, 4) is 0 Å². The van der Waals surface area contributed by atoms with Crippen molar-refractivity contribution in [1.29, 1.82) is 0 Å². The van der Waals surface area contributed by atoms with Gasteiger partial charge in [0.15, 0.2) is 0 Å². The van der Waals surface area contributed by atoms with Crippen molar-refractivity contribution in [3.63, 3.8) is 0 Å². The number of urea groups is 1. The van der Waals surface area contributed by atoms with Crippen LogP contribution in [-0.4, -0.2) is 24.8 Å². The van der Waals surface area contributed by atoms with Gasteiger partial charge in [0.2, 0.25) is 0 Å². The van der Waals surface area contributed by atoms with E-state index in [0.717, 1.165) is 31.9 Å². The molecule has 0 bridgehead atoms. The lowest BCUT2D eigenvalue weighted by molar-refractivity contribution is -0.1000. The van der Waals surface area contributed by atoms with E-state index in [-0.39, 0.29) is 18.2 Å². The number of benzene rings is 1. The van der Waals surface area contributed by atoms with Gasteiger partial charge in [-0.1, -0.05) is 13.0 Å². The fraction of sp³-hybridized carbons (Fsp3) is 0.588. The molecule has 1 heterocycles. The first kappa shape index (κ1) is 16.2. The Hall–Kier alpha value is -1.69. The first-order chi connectivity index (χ1) is 11.1. The van der Waals surface area contributed by atoms with Crippen molar-refractivity contribution in [2.24, 2.45) is 5.92 Å². The smallest absolute Gasteiger partial charge is 0.315 e. The largest absolute Gasteiger partial charge is 0.378 e. The van der Waals surface area contributed by atoms with Crippen molar-refractivity contribution >= 4 is 6.03 Å². The first-order valence-electron chi connectivity index (χ1n) is 8.22. The Bertz CT molecular complexity index is 582. The molecule has 1 aliphatic heterocycles. The predicted octanol–water partition coefficient (Wildman–Crippen LogP) is 3.28. The minimum Gasteiger partial charge on any atom is -0.378 e. The number of hydrogen-bond acceptors (Lipinski definition) is 2.